The molecule has 6 heteroatoms. The number of carbonyl (C=O) groups is 1. The average molecular weight is 295 g/mol. The van der Waals surface area contributed by atoms with Crippen LogP contribution in [-0.2, 0) is 16.1 Å². The third-order valence-corrected chi connectivity index (χ3v) is 3.46. The van der Waals surface area contributed by atoms with Crippen LogP contribution in [0.1, 0.15) is 18.4 Å². The molecule has 21 heavy (non-hydrogen) atoms. The van der Waals surface area contributed by atoms with Crippen molar-refractivity contribution in [3.05, 3.63) is 29.6 Å². The van der Waals surface area contributed by atoms with Crippen LogP contribution in [-0.4, -0.2) is 38.8 Å². The zero-order valence-electron chi connectivity index (χ0n) is 12.1. The summed E-state index contributed by atoms with van der Waals surface area (Å²) >= 11 is 0. The van der Waals surface area contributed by atoms with Gasteiger partial charge in [0.05, 0.1) is 18.9 Å². The quantitative estimate of drug-likeness (QED) is 0.822. The number of nitrogens with zero attached hydrogens (tertiary/aromatic N) is 1. The summed E-state index contributed by atoms with van der Waals surface area (Å²) < 4.78 is 19.4. The normalized spacial score (nSPS) is 15.0. The van der Waals surface area contributed by atoms with E-state index in [1.807, 2.05) is 11.0 Å². The minimum Gasteiger partial charge on any atom is -0.378 e. The summed E-state index contributed by atoms with van der Waals surface area (Å²) in [4.78, 5) is 13.5. The zero-order valence-corrected chi connectivity index (χ0v) is 12.1. The van der Waals surface area contributed by atoms with Crippen LogP contribution in [0.4, 0.5) is 10.1 Å². The van der Waals surface area contributed by atoms with E-state index in [2.05, 4.69) is 5.32 Å². The Bertz CT molecular complexity index is 476. The van der Waals surface area contributed by atoms with E-state index in [0.717, 1.165) is 5.56 Å². The lowest BCUT2D eigenvalue weighted by atomic mass is 10.1. The van der Waals surface area contributed by atoms with Crippen LogP contribution in [0.2, 0.25) is 0 Å². The Morgan fingerprint density at radius 1 is 1.38 bits per heavy atom. The Morgan fingerprint density at radius 3 is 2.81 bits per heavy atom. The van der Waals surface area contributed by atoms with Crippen LogP contribution in [0.25, 0.3) is 0 Å². The molecule has 0 aliphatic carbocycles. The molecular formula is C15H22FN3O2. The van der Waals surface area contributed by atoms with Gasteiger partial charge in [-0.05, 0) is 30.7 Å². The average Bonchev–Trinajstić information content (AvgIpc) is 2.52. The lowest BCUT2D eigenvalue weighted by Crippen LogP contribution is -2.36. The number of hydrogen-bond acceptors (Lipinski definition) is 4. The SMILES string of the molecule is NCCCC(=O)NCc1ccc(N2CCOCC2)c(F)c1. The molecule has 1 saturated heterocycles. The Balaban J connectivity index is 1.90. The van der Waals surface area contributed by atoms with Crippen molar-refractivity contribution in [2.75, 3.05) is 37.7 Å². The summed E-state index contributed by atoms with van der Waals surface area (Å²) in [6.07, 6.45) is 1.07. The first kappa shape index (κ1) is 15.7. The number of anilines is 1. The van der Waals surface area contributed by atoms with Crippen molar-refractivity contribution in [3.8, 4) is 0 Å². The van der Waals surface area contributed by atoms with E-state index in [0.29, 0.717) is 57.9 Å². The first-order valence-corrected chi connectivity index (χ1v) is 7.28. The van der Waals surface area contributed by atoms with Gasteiger partial charge in [-0.2, -0.15) is 0 Å². The first-order chi connectivity index (χ1) is 10.2. The van der Waals surface area contributed by atoms with E-state index in [4.69, 9.17) is 10.5 Å². The fourth-order valence-electron chi connectivity index (χ4n) is 2.27. The fraction of sp³-hybridized carbons (Fsp3) is 0.533. The highest BCUT2D eigenvalue weighted by Gasteiger charge is 2.15. The second-order valence-corrected chi connectivity index (χ2v) is 5.05. The highest BCUT2D eigenvalue weighted by atomic mass is 19.1. The summed E-state index contributed by atoms with van der Waals surface area (Å²) in [5.74, 6) is -0.316. The van der Waals surface area contributed by atoms with Crippen LogP contribution in [0.5, 0.6) is 0 Å². The van der Waals surface area contributed by atoms with E-state index >= 15 is 0 Å². The number of ether oxygens (including phenoxy) is 1. The second-order valence-electron chi connectivity index (χ2n) is 5.05. The lowest BCUT2D eigenvalue weighted by Gasteiger charge is -2.29. The van der Waals surface area contributed by atoms with Crippen LogP contribution < -0.4 is 16.0 Å². The highest BCUT2D eigenvalue weighted by molar-refractivity contribution is 5.75. The molecule has 2 rings (SSSR count). The van der Waals surface area contributed by atoms with Crippen LogP contribution in [0, 0.1) is 5.82 Å². The Hall–Kier alpha value is -1.66. The first-order valence-electron chi connectivity index (χ1n) is 7.28. The van der Waals surface area contributed by atoms with E-state index < -0.39 is 0 Å². The molecule has 0 spiro atoms. The van der Waals surface area contributed by atoms with Gasteiger partial charge < -0.3 is 20.7 Å². The largest absolute Gasteiger partial charge is 0.378 e. The summed E-state index contributed by atoms with van der Waals surface area (Å²) in [6.45, 7) is 3.48. The molecule has 0 radical (unpaired) electrons. The zero-order chi connectivity index (χ0) is 15.1. The molecule has 1 aliphatic rings. The molecule has 0 aromatic heterocycles. The molecule has 1 amide bonds. The Labute approximate surface area is 124 Å². The van der Waals surface area contributed by atoms with Crippen molar-refractivity contribution >= 4 is 11.6 Å². The number of amides is 1. The highest BCUT2D eigenvalue weighted by Crippen LogP contribution is 2.21. The van der Waals surface area contributed by atoms with Gasteiger partial charge in [0.2, 0.25) is 5.91 Å². The van der Waals surface area contributed by atoms with Crippen molar-refractivity contribution in [2.45, 2.75) is 19.4 Å². The Kier molecular flexibility index (Phi) is 5.95. The van der Waals surface area contributed by atoms with Gasteiger partial charge in [-0.25, -0.2) is 4.39 Å². The van der Waals surface area contributed by atoms with Gasteiger partial charge in [0.1, 0.15) is 5.82 Å². The molecule has 1 aromatic carbocycles. The number of nitrogens with two attached hydrogens (primary N) is 1. The van der Waals surface area contributed by atoms with E-state index in [-0.39, 0.29) is 11.7 Å². The second kappa shape index (κ2) is 7.95. The molecule has 1 fully saturated rings. The van der Waals surface area contributed by atoms with Gasteiger partial charge in [-0.15, -0.1) is 0 Å². The molecule has 1 heterocycles. The van der Waals surface area contributed by atoms with Gasteiger partial charge in [0.15, 0.2) is 0 Å². The number of rotatable bonds is 6. The summed E-state index contributed by atoms with van der Waals surface area (Å²) in [5.41, 5.74) is 6.70. The van der Waals surface area contributed by atoms with E-state index in [1.165, 1.54) is 6.07 Å². The minimum absolute atomic E-state index is 0.0573. The van der Waals surface area contributed by atoms with Crippen molar-refractivity contribution in [3.63, 3.8) is 0 Å². The fourth-order valence-corrected chi connectivity index (χ4v) is 2.27. The van der Waals surface area contributed by atoms with Gasteiger partial charge in [0, 0.05) is 26.1 Å². The molecule has 116 valence electrons. The van der Waals surface area contributed by atoms with Crippen molar-refractivity contribution in [1.29, 1.82) is 0 Å². The lowest BCUT2D eigenvalue weighted by molar-refractivity contribution is -0.121. The molecule has 0 atom stereocenters. The van der Waals surface area contributed by atoms with Gasteiger partial charge in [0.25, 0.3) is 0 Å². The maximum atomic E-state index is 14.2. The summed E-state index contributed by atoms with van der Waals surface area (Å²) in [5, 5.41) is 2.77. The van der Waals surface area contributed by atoms with Gasteiger partial charge in [-0.1, -0.05) is 6.07 Å². The standard InChI is InChI=1S/C15H22FN3O2/c16-13-10-12(11-18-15(20)2-1-5-17)3-4-14(13)19-6-8-21-9-7-19/h3-4,10H,1-2,5-9,11,17H2,(H,18,20). The molecular weight excluding hydrogens is 273 g/mol. The van der Waals surface area contributed by atoms with Crippen molar-refractivity contribution < 1.29 is 13.9 Å². The van der Waals surface area contributed by atoms with Crippen LogP contribution in [0.15, 0.2) is 18.2 Å². The van der Waals surface area contributed by atoms with E-state index in [1.54, 1.807) is 6.07 Å². The molecule has 1 aromatic rings. The molecule has 0 saturated carbocycles. The number of carbonyl (C=O) groups excluding carboxylic acids is 1. The third kappa shape index (κ3) is 4.68. The number of halogens is 1. The predicted molar refractivity (Wildman–Crippen MR) is 79.6 cm³/mol. The van der Waals surface area contributed by atoms with Crippen molar-refractivity contribution in [1.82, 2.24) is 5.32 Å². The van der Waals surface area contributed by atoms with Crippen LogP contribution in [0.3, 0.4) is 0 Å². The van der Waals surface area contributed by atoms with Crippen molar-refractivity contribution in [2.24, 2.45) is 5.73 Å². The number of benzene rings is 1. The number of nitrogens with one attached hydrogen (secondary N) is 1. The number of hydrogen-bond donors (Lipinski definition) is 2. The molecule has 1 aliphatic heterocycles. The smallest absolute Gasteiger partial charge is 0.220 e. The molecule has 0 bridgehead atoms. The van der Waals surface area contributed by atoms with Gasteiger partial charge in [-0.3, -0.25) is 4.79 Å². The number of morpholine rings is 1. The molecule has 5 nitrogen and oxygen atoms in total. The third-order valence-electron chi connectivity index (χ3n) is 3.46. The van der Waals surface area contributed by atoms with Crippen LogP contribution >= 0.6 is 0 Å². The van der Waals surface area contributed by atoms with E-state index in [9.17, 15) is 9.18 Å². The predicted octanol–water partition coefficient (Wildman–Crippen LogP) is 1.02. The molecule has 3 N–H and O–H groups in total. The summed E-state index contributed by atoms with van der Waals surface area (Å²) in [7, 11) is 0. The maximum Gasteiger partial charge on any atom is 0.220 e. The van der Waals surface area contributed by atoms with Gasteiger partial charge >= 0.3 is 0 Å². The molecule has 0 unspecified atom stereocenters. The monoisotopic (exact) mass is 295 g/mol. The maximum absolute atomic E-state index is 14.2. The topological polar surface area (TPSA) is 67.6 Å². The minimum atomic E-state index is -0.259. The summed E-state index contributed by atoms with van der Waals surface area (Å²) in [6, 6.07) is 5.09. The Morgan fingerprint density at radius 2 is 2.14 bits per heavy atom.